The minimum Gasteiger partial charge on any atom is -0.330 e. The molecule has 102 valence electrons. The first kappa shape index (κ1) is 12.9. The third-order valence-electron chi connectivity index (χ3n) is 3.85. The largest absolute Gasteiger partial charge is 0.330 e. The van der Waals surface area contributed by atoms with Crippen LogP contribution in [0.15, 0.2) is 54.6 Å². The highest BCUT2D eigenvalue weighted by molar-refractivity contribution is 6.07. The highest BCUT2D eigenvalue weighted by Gasteiger charge is 2.31. The van der Waals surface area contributed by atoms with Gasteiger partial charge in [-0.2, -0.15) is 0 Å². The number of fused-ring (bicyclic) bond motifs is 1. The average Bonchev–Trinajstić information content (AvgIpc) is 2.87. The number of hydrogen-bond acceptors (Lipinski definition) is 2. The van der Waals surface area contributed by atoms with Crippen molar-refractivity contribution in [3.8, 4) is 0 Å². The first-order valence-electron chi connectivity index (χ1n) is 6.97. The average molecular weight is 266 g/mol. The highest BCUT2D eigenvalue weighted by atomic mass is 16.2. The Balaban J connectivity index is 1.94. The van der Waals surface area contributed by atoms with Crippen LogP contribution < -0.4 is 10.6 Å². The van der Waals surface area contributed by atoms with E-state index >= 15 is 0 Å². The summed E-state index contributed by atoms with van der Waals surface area (Å²) < 4.78 is 0. The molecule has 0 spiro atoms. The summed E-state index contributed by atoms with van der Waals surface area (Å²) >= 11 is 0. The maximum atomic E-state index is 12.7. The zero-order chi connectivity index (χ0) is 13.9. The molecule has 20 heavy (non-hydrogen) atoms. The maximum absolute atomic E-state index is 12.7. The predicted octanol–water partition coefficient (Wildman–Crippen LogP) is 2.78. The second kappa shape index (κ2) is 5.47. The third kappa shape index (κ3) is 2.21. The van der Waals surface area contributed by atoms with Gasteiger partial charge >= 0.3 is 0 Å². The maximum Gasteiger partial charge on any atom is 0.258 e. The summed E-state index contributed by atoms with van der Waals surface area (Å²) in [5.41, 5.74) is 8.69. The number of anilines is 1. The van der Waals surface area contributed by atoms with E-state index in [-0.39, 0.29) is 5.91 Å². The zero-order valence-corrected chi connectivity index (χ0v) is 11.3. The summed E-state index contributed by atoms with van der Waals surface area (Å²) in [6, 6.07) is 17.6. The molecule has 2 aromatic rings. The SMILES string of the molecule is NCCC1CN(C(=O)c2ccccc2)c2ccccc21. The molecule has 1 aliphatic heterocycles. The van der Waals surface area contributed by atoms with Gasteiger partial charge in [0.2, 0.25) is 0 Å². The Kier molecular flexibility index (Phi) is 3.52. The molecule has 3 nitrogen and oxygen atoms in total. The lowest BCUT2D eigenvalue weighted by Gasteiger charge is -2.18. The molecule has 3 heteroatoms. The smallest absolute Gasteiger partial charge is 0.258 e. The van der Waals surface area contributed by atoms with Crippen molar-refractivity contribution in [2.24, 2.45) is 5.73 Å². The number of amides is 1. The fourth-order valence-corrected chi connectivity index (χ4v) is 2.87. The van der Waals surface area contributed by atoms with Crippen LogP contribution in [-0.4, -0.2) is 19.0 Å². The molecule has 0 radical (unpaired) electrons. The molecule has 0 saturated carbocycles. The van der Waals surface area contributed by atoms with Crippen molar-refractivity contribution >= 4 is 11.6 Å². The van der Waals surface area contributed by atoms with E-state index in [1.807, 2.05) is 53.4 Å². The summed E-state index contributed by atoms with van der Waals surface area (Å²) in [5.74, 6) is 0.418. The Hall–Kier alpha value is -2.13. The standard InChI is InChI=1S/C17H18N2O/c18-11-10-14-12-19(16-9-5-4-8-15(14)16)17(20)13-6-2-1-3-7-13/h1-9,14H,10-12,18H2. The summed E-state index contributed by atoms with van der Waals surface area (Å²) in [6.45, 7) is 1.37. The van der Waals surface area contributed by atoms with Crippen LogP contribution in [0.1, 0.15) is 28.3 Å². The van der Waals surface area contributed by atoms with Crippen molar-refractivity contribution in [3.63, 3.8) is 0 Å². The molecule has 0 bridgehead atoms. The molecule has 0 fully saturated rings. The Bertz CT molecular complexity index is 609. The Morgan fingerprint density at radius 3 is 2.55 bits per heavy atom. The number of benzene rings is 2. The fraction of sp³-hybridized carbons (Fsp3) is 0.235. The minimum atomic E-state index is 0.0672. The second-order valence-electron chi connectivity index (χ2n) is 5.11. The lowest BCUT2D eigenvalue weighted by molar-refractivity contribution is 0.0988. The van der Waals surface area contributed by atoms with Gasteiger partial charge in [0.1, 0.15) is 0 Å². The van der Waals surface area contributed by atoms with Gasteiger partial charge in [-0.15, -0.1) is 0 Å². The number of rotatable bonds is 3. The Labute approximate surface area is 119 Å². The van der Waals surface area contributed by atoms with Crippen molar-refractivity contribution in [1.82, 2.24) is 0 Å². The van der Waals surface area contributed by atoms with Crippen LogP contribution in [0, 0.1) is 0 Å². The number of carbonyl (C=O) groups is 1. The summed E-state index contributed by atoms with van der Waals surface area (Å²) in [6.07, 6.45) is 0.912. The predicted molar refractivity (Wildman–Crippen MR) is 81.0 cm³/mol. The Morgan fingerprint density at radius 2 is 1.80 bits per heavy atom. The molecule has 2 N–H and O–H groups in total. The molecule has 3 rings (SSSR count). The summed E-state index contributed by atoms with van der Waals surface area (Å²) in [5, 5.41) is 0. The molecule has 0 aliphatic carbocycles. The van der Waals surface area contributed by atoms with Crippen molar-refractivity contribution in [2.75, 3.05) is 18.0 Å². The van der Waals surface area contributed by atoms with Crippen molar-refractivity contribution in [3.05, 3.63) is 65.7 Å². The topological polar surface area (TPSA) is 46.3 Å². The lowest BCUT2D eigenvalue weighted by Crippen LogP contribution is -2.30. The van der Waals surface area contributed by atoms with Gasteiger partial charge in [-0.05, 0) is 36.7 Å². The van der Waals surface area contributed by atoms with E-state index in [1.165, 1.54) is 5.56 Å². The number of carbonyl (C=O) groups excluding carboxylic acids is 1. The molecule has 2 aromatic carbocycles. The minimum absolute atomic E-state index is 0.0672. The first-order valence-corrected chi connectivity index (χ1v) is 6.97. The van der Waals surface area contributed by atoms with Gasteiger partial charge in [0.25, 0.3) is 5.91 Å². The third-order valence-corrected chi connectivity index (χ3v) is 3.85. The molecular weight excluding hydrogens is 248 g/mol. The monoisotopic (exact) mass is 266 g/mol. The van der Waals surface area contributed by atoms with Crippen LogP contribution >= 0.6 is 0 Å². The van der Waals surface area contributed by atoms with Gasteiger partial charge < -0.3 is 10.6 Å². The van der Waals surface area contributed by atoms with E-state index in [1.54, 1.807) is 0 Å². The van der Waals surface area contributed by atoms with Crippen LogP contribution in [0.5, 0.6) is 0 Å². The number of para-hydroxylation sites is 1. The van der Waals surface area contributed by atoms with E-state index in [9.17, 15) is 4.79 Å². The van der Waals surface area contributed by atoms with Gasteiger partial charge in [-0.3, -0.25) is 4.79 Å². The van der Waals surface area contributed by atoms with Gasteiger partial charge in [0.05, 0.1) is 0 Å². The zero-order valence-electron chi connectivity index (χ0n) is 11.3. The quantitative estimate of drug-likeness (QED) is 0.928. The molecule has 1 heterocycles. The van der Waals surface area contributed by atoms with E-state index < -0.39 is 0 Å². The van der Waals surface area contributed by atoms with E-state index in [0.717, 1.165) is 24.2 Å². The van der Waals surface area contributed by atoms with Gasteiger partial charge in [0.15, 0.2) is 0 Å². The lowest BCUT2D eigenvalue weighted by atomic mass is 9.98. The number of hydrogen-bond donors (Lipinski definition) is 1. The molecule has 0 aromatic heterocycles. The van der Waals surface area contributed by atoms with Crippen LogP contribution in [0.2, 0.25) is 0 Å². The number of nitrogens with zero attached hydrogens (tertiary/aromatic N) is 1. The first-order chi connectivity index (χ1) is 9.81. The second-order valence-corrected chi connectivity index (χ2v) is 5.11. The number of nitrogens with two attached hydrogens (primary N) is 1. The van der Waals surface area contributed by atoms with Crippen LogP contribution in [0.3, 0.4) is 0 Å². The molecule has 1 aliphatic rings. The normalized spacial score (nSPS) is 17.1. The van der Waals surface area contributed by atoms with E-state index in [0.29, 0.717) is 12.5 Å². The molecule has 1 amide bonds. The molecule has 0 saturated heterocycles. The van der Waals surface area contributed by atoms with Crippen molar-refractivity contribution < 1.29 is 4.79 Å². The van der Waals surface area contributed by atoms with Crippen LogP contribution in [-0.2, 0) is 0 Å². The summed E-state index contributed by atoms with van der Waals surface area (Å²) in [7, 11) is 0. The molecule has 1 unspecified atom stereocenters. The van der Waals surface area contributed by atoms with Crippen LogP contribution in [0.4, 0.5) is 5.69 Å². The van der Waals surface area contributed by atoms with E-state index in [4.69, 9.17) is 5.73 Å². The van der Waals surface area contributed by atoms with Crippen molar-refractivity contribution in [2.45, 2.75) is 12.3 Å². The Morgan fingerprint density at radius 1 is 1.10 bits per heavy atom. The van der Waals surface area contributed by atoms with Crippen LogP contribution in [0.25, 0.3) is 0 Å². The van der Waals surface area contributed by atoms with Crippen molar-refractivity contribution in [1.29, 1.82) is 0 Å². The highest BCUT2D eigenvalue weighted by Crippen LogP contribution is 2.38. The summed E-state index contributed by atoms with van der Waals surface area (Å²) in [4.78, 5) is 14.5. The molecular formula is C17H18N2O. The fourth-order valence-electron chi connectivity index (χ4n) is 2.87. The van der Waals surface area contributed by atoms with Gasteiger partial charge in [0, 0.05) is 23.7 Å². The van der Waals surface area contributed by atoms with E-state index in [2.05, 4.69) is 6.07 Å². The molecule has 1 atom stereocenters. The van der Waals surface area contributed by atoms with Gasteiger partial charge in [-0.25, -0.2) is 0 Å². The van der Waals surface area contributed by atoms with Gasteiger partial charge in [-0.1, -0.05) is 36.4 Å².